The Morgan fingerprint density at radius 1 is 1.44 bits per heavy atom. The average Bonchev–Trinajstić information content (AvgIpc) is 2.89. The van der Waals surface area contributed by atoms with Crippen molar-refractivity contribution in [1.29, 1.82) is 0 Å². The van der Waals surface area contributed by atoms with E-state index >= 15 is 0 Å². The lowest BCUT2D eigenvalue weighted by Crippen LogP contribution is -2.23. The first-order chi connectivity index (χ1) is 8.85. The first kappa shape index (κ1) is 13.0. The highest BCUT2D eigenvalue weighted by atomic mass is 32.1. The van der Waals surface area contributed by atoms with Crippen LogP contribution >= 0.6 is 11.3 Å². The van der Waals surface area contributed by atoms with Crippen molar-refractivity contribution in [2.45, 2.75) is 19.4 Å². The van der Waals surface area contributed by atoms with Crippen LogP contribution in [-0.2, 0) is 0 Å². The first-order valence-corrected chi connectivity index (χ1v) is 6.84. The zero-order valence-electron chi connectivity index (χ0n) is 10.6. The van der Waals surface area contributed by atoms with Gasteiger partial charge in [-0.25, -0.2) is 0 Å². The van der Waals surface area contributed by atoms with Crippen LogP contribution in [-0.4, -0.2) is 23.6 Å². The van der Waals surface area contributed by atoms with Gasteiger partial charge in [0.1, 0.15) is 5.75 Å². The maximum atomic E-state index is 5.23. The third-order valence-corrected chi connectivity index (χ3v) is 3.57. The van der Waals surface area contributed by atoms with E-state index in [1.807, 2.05) is 11.4 Å². The minimum atomic E-state index is 0.0903. The molecule has 0 fully saturated rings. The molecule has 2 aromatic heterocycles. The van der Waals surface area contributed by atoms with Gasteiger partial charge in [-0.3, -0.25) is 9.97 Å². The standard InChI is InChI=1S/C13H17N3OS/c1-3-4-16-13(11-8-14-5-6-15-11)12-7-10(17-2)9-18-12/h5-9,13,16H,3-4H2,1-2H3. The molecule has 2 aromatic rings. The van der Waals surface area contributed by atoms with Crippen LogP contribution < -0.4 is 10.1 Å². The van der Waals surface area contributed by atoms with Gasteiger partial charge in [-0.05, 0) is 19.0 Å². The highest BCUT2D eigenvalue weighted by Gasteiger charge is 2.17. The Morgan fingerprint density at radius 2 is 2.33 bits per heavy atom. The summed E-state index contributed by atoms with van der Waals surface area (Å²) >= 11 is 1.67. The number of hydrogen-bond acceptors (Lipinski definition) is 5. The second kappa shape index (κ2) is 6.47. The molecular weight excluding hydrogens is 246 g/mol. The number of hydrogen-bond donors (Lipinski definition) is 1. The number of nitrogens with zero attached hydrogens (tertiary/aromatic N) is 2. The van der Waals surface area contributed by atoms with Crippen LogP contribution in [0, 0.1) is 0 Å². The lowest BCUT2D eigenvalue weighted by molar-refractivity contribution is 0.416. The molecule has 1 atom stereocenters. The van der Waals surface area contributed by atoms with Gasteiger partial charge >= 0.3 is 0 Å². The van der Waals surface area contributed by atoms with E-state index in [1.54, 1.807) is 37.0 Å². The molecule has 0 aliphatic heterocycles. The lowest BCUT2D eigenvalue weighted by atomic mass is 10.1. The molecule has 0 aromatic carbocycles. The molecular formula is C13H17N3OS. The fraction of sp³-hybridized carbons (Fsp3) is 0.385. The number of aromatic nitrogens is 2. The summed E-state index contributed by atoms with van der Waals surface area (Å²) in [5, 5.41) is 5.50. The highest BCUT2D eigenvalue weighted by Crippen LogP contribution is 2.29. The quantitative estimate of drug-likeness (QED) is 0.870. The molecule has 1 N–H and O–H groups in total. The normalized spacial score (nSPS) is 12.3. The molecule has 0 radical (unpaired) electrons. The molecule has 0 saturated carbocycles. The van der Waals surface area contributed by atoms with Crippen LogP contribution in [0.5, 0.6) is 5.75 Å². The Hall–Kier alpha value is -1.46. The fourth-order valence-corrected chi connectivity index (χ4v) is 2.63. The van der Waals surface area contributed by atoms with Gasteiger partial charge in [0.05, 0.1) is 25.0 Å². The Bertz CT molecular complexity index is 472. The van der Waals surface area contributed by atoms with Crippen LogP contribution in [0.15, 0.2) is 30.0 Å². The Morgan fingerprint density at radius 3 is 2.94 bits per heavy atom. The number of nitrogens with one attached hydrogen (secondary N) is 1. The molecule has 0 aliphatic carbocycles. The predicted molar refractivity (Wildman–Crippen MR) is 73.0 cm³/mol. The van der Waals surface area contributed by atoms with Gasteiger partial charge in [-0.2, -0.15) is 0 Å². The van der Waals surface area contributed by atoms with Gasteiger partial charge in [0.15, 0.2) is 0 Å². The molecule has 0 spiro atoms. The van der Waals surface area contributed by atoms with Crippen molar-refractivity contribution in [3.63, 3.8) is 0 Å². The Kier molecular flexibility index (Phi) is 4.66. The summed E-state index contributed by atoms with van der Waals surface area (Å²) in [6.45, 7) is 3.09. The summed E-state index contributed by atoms with van der Waals surface area (Å²) in [7, 11) is 1.68. The molecule has 5 heteroatoms. The number of thiophene rings is 1. The maximum Gasteiger partial charge on any atom is 0.129 e. The van der Waals surface area contributed by atoms with Crippen molar-refractivity contribution in [3.8, 4) is 5.75 Å². The van der Waals surface area contributed by atoms with Gasteiger partial charge in [-0.15, -0.1) is 11.3 Å². The summed E-state index contributed by atoms with van der Waals surface area (Å²) in [6, 6.07) is 2.14. The summed E-state index contributed by atoms with van der Waals surface area (Å²) in [5.74, 6) is 0.891. The summed E-state index contributed by atoms with van der Waals surface area (Å²) in [5.41, 5.74) is 0.940. The minimum absolute atomic E-state index is 0.0903. The van der Waals surface area contributed by atoms with Gasteiger partial charge in [0.25, 0.3) is 0 Å². The highest BCUT2D eigenvalue weighted by molar-refractivity contribution is 7.10. The number of ether oxygens (including phenoxy) is 1. The van der Waals surface area contributed by atoms with Crippen molar-refractivity contribution >= 4 is 11.3 Å². The average molecular weight is 263 g/mol. The maximum absolute atomic E-state index is 5.23. The van der Waals surface area contributed by atoms with Gasteiger partial charge < -0.3 is 10.1 Å². The van der Waals surface area contributed by atoms with Crippen LogP contribution in [0.3, 0.4) is 0 Å². The SMILES string of the molecule is CCCNC(c1cnccn1)c1cc(OC)cs1. The second-order valence-corrected chi connectivity index (χ2v) is 4.85. The van der Waals surface area contributed by atoms with E-state index < -0.39 is 0 Å². The second-order valence-electron chi connectivity index (χ2n) is 3.91. The third kappa shape index (κ3) is 3.05. The van der Waals surface area contributed by atoms with E-state index in [4.69, 9.17) is 4.74 Å². The third-order valence-electron chi connectivity index (χ3n) is 2.59. The van der Waals surface area contributed by atoms with E-state index in [-0.39, 0.29) is 6.04 Å². The van der Waals surface area contributed by atoms with Crippen molar-refractivity contribution in [2.75, 3.05) is 13.7 Å². The molecule has 0 saturated heterocycles. The molecule has 0 bridgehead atoms. The smallest absolute Gasteiger partial charge is 0.129 e. The molecule has 0 aliphatic rings. The van der Waals surface area contributed by atoms with Crippen LogP contribution in [0.25, 0.3) is 0 Å². The van der Waals surface area contributed by atoms with Crippen molar-refractivity contribution in [2.24, 2.45) is 0 Å². The van der Waals surface area contributed by atoms with Crippen molar-refractivity contribution in [1.82, 2.24) is 15.3 Å². The summed E-state index contributed by atoms with van der Waals surface area (Å²) in [4.78, 5) is 9.72. The fourth-order valence-electron chi connectivity index (χ4n) is 1.69. The van der Waals surface area contributed by atoms with Crippen LogP contribution in [0.1, 0.15) is 30.0 Å². The van der Waals surface area contributed by atoms with E-state index in [0.29, 0.717) is 0 Å². The first-order valence-electron chi connectivity index (χ1n) is 5.97. The van der Waals surface area contributed by atoms with E-state index in [2.05, 4.69) is 22.2 Å². The molecule has 4 nitrogen and oxygen atoms in total. The van der Waals surface area contributed by atoms with Gasteiger partial charge in [0.2, 0.25) is 0 Å². The number of methoxy groups -OCH3 is 1. The minimum Gasteiger partial charge on any atom is -0.496 e. The van der Waals surface area contributed by atoms with E-state index in [9.17, 15) is 0 Å². The van der Waals surface area contributed by atoms with Crippen LogP contribution in [0.2, 0.25) is 0 Å². The zero-order valence-corrected chi connectivity index (χ0v) is 11.4. The molecule has 96 valence electrons. The van der Waals surface area contributed by atoms with E-state index in [0.717, 1.165) is 24.4 Å². The Balaban J connectivity index is 2.24. The topological polar surface area (TPSA) is 47.0 Å². The molecule has 18 heavy (non-hydrogen) atoms. The molecule has 2 heterocycles. The zero-order chi connectivity index (χ0) is 12.8. The summed E-state index contributed by atoms with van der Waals surface area (Å²) in [6.07, 6.45) is 6.30. The molecule has 2 rings (SSSR count). The predicted octanol–water partition coefficient (Wildman–Crippen LogP) is 2.64. The molecule has 1 unspecified atom stereocenters. The van der Waals surface area contributed by atoms with Crippen molar-refractivity contribution < 1.29 is 4.74 Å². The van der Waals surface area contributed by atoms with Crippen LogP contribution in [0.4, 0.5) is 0 Å². The van der Waals surface area contributed by atoms with E-state index in [1.165, 1.54) is 4.88 Å². The van der Waals surface area contributed by atoms with Gasteiger partial charge in [0, 0.05) is 22.7 Å². The lowest BCUT2D eigenvalue weighted by Gasteiger charge is -2.15. The monoisotopic (exact) mass is 263 g/mol. The van der Waals surface area contributed by atoms with Gasteiger partial charge in [-0.1, -0.05) is 6.92 Å². The molecule has 0 amide bonds. The number of rotatable bonds is 6. The largest absolute Gasteiger partial charge is 0.496 e. The Labute approximate surface area is 111 Å². The van der Waals surface area contributed by atoms with Crippen molar-refractivity contribution in [3.05, 3.63) is 40.6 Å². The summed E-state index contributed by atoms with van der Waals surface area (Å²) < 4.78 is 5.23.